The number of carbonyl (C=O) groups excluding carboxylic acids is 1. The van der Waals surface area contributed by atoms with Crippen molar-refractivity contribution in [3.05, 3.63) is 82.3 Å². The SMILES string of the molecule is CCOC(=O)c1cccc(NS(=O)(=O)Nc2ccc3c(c2)S(O)(O)N=C(c2c(O)c4cccnc4n(CCC(C)C)c2=O)N3)c1. The number of aromatic nitrogens is 2. The van der Waals surface area contributed by atoms with Gasteiger partial charge in [0.15, 0.2) is 5.84 Å². The summed E-state index contributed by atoms with van der Waals surface area (Å²) in [7, 11) is -8.23. The summed E-state index contributed by atoms with van der Waals surface area (Å²) in [5, 5.41) is 14.3. The monoisotopic (exact) mass is 656 g/mol. The number of amidine groups is 1. The van der Waals surface area contributed by atoms with Crippen LogP contribution in [0.25, 0.3) is 11.0 Å². The summed E-state index contributed by atoms with van der Waals surface area (Å²) >= 11 is 0. The van der Waals surface area contributed by atoms with E-state index in [0.29, 0.717) is 13.0 Å². The van der Waals surface area contributed by atoms with Crippen LogP contribution < -0.4 is 20.3 Å². The van der Waals surface area contributed by atoms with Crippen molar-refractivity contribution < 1.29 is 32.2 Å². The average Bonchev–Trinajstić information content (AvgIpc) is 2.97. The van der Waals surface area contributed by atoms with Crippen molar-refractivity contribution in [2.75, 3.05) is 21.4 Å². The Balaban J connectivity index is 1.45. The summed E-state index contributed by atoms with van der Waals surface area (Å²) in [4.78, 5) is 29.8. The van der Waals surface area contributed by atoms with Crippen LogP contribution in [0.15, 0.2) is 74.9 Å². The van der Waals surface area contributed by atoms with Crippen molar-refractivity contribution >= 4 is 60.9 Å². The number of anilines is 3. The van der Waals surface area contributed by atoms with Crippen LogP contribution in [0.3, 0.4) is 0 Å². The number of rotatable bonds is 10. The molecule has 0 saturated carbocycles. The standard InChI is InChI=1S/C29H32N6O8S2/c1-4-43-29(38)18-7-5-8-19(15-18)32-45(41,42)33-20-10-11-22-23(16-20)44(39,40)34-26(31-22)24-25(36)21-9-6-13-30-27(21)35(28(24)37)14-12-17(2)3/h5-11,13,15-17,32-33,36,39-40H,4,12,14H2,1-3H3,(H,31,34). The number of esters is 1. The van der Waals surface area contributed by atoms with Gasteiger partial charge in [0.1, 0.15) is 21.9 Å². The van der Waals surface area contributed by atoms with Gasteiger partial charge in [-0.05, 0) is 67.8 Å². The van der Waals surface area contributed by atoms with Gasteiger partial charge in [-0.2, -0.15) is 8.42 Å². The Morgan fingerprint density at radius 1 is 1.09 bits per heavy atom. The molecule has 2 aromatic carbocycles. The van der Waals surface area contributed by atoms with Crippen molar-refractivity contribution in [1.82, 2.24) is 9.55 Å². The van der Waals surface area contributed by atoms with E-state index in [9.17, 15) is 32.2 Å². The summed E-state index contributed by atoms with van der Waals surface area (Å²) < 4.78 is 62.9. The van der Waals surface area contributed by atoms with Gasteiger partial charge in [0.05, 0.1) is 34.6 Å². The van der Waals surface area contributed by atoms with Gasteiger partial charge in [-0.3, -0.25) is 27.9 Å². The summed E-state index contributed by atoms with van der Waals surface area (Å²) in [6.45, 7) is 6.14. The highest BCUT2D eigenvalue weighted by Gasteiger charge is 2.31. The van der Waals surface area contributed by atoms with E-state index in [1.54, 1.807) is 19.1 Å². The highest BCUT2D eigenvalue weighted by molar-refractivity contribution is 8.23. The first-order valence-corrected chi connectivity index (χ1v) is 16.9. The number of ether oxygens (including phenoxy) is 1. The molecule has 45 heavy (non-hydrogen) atoms. The van der Waals surface area contributed by atoms with E-state index in [-0.39, 0.29) is 62.5 Å². The number of fused-ring (bicyclic) bond motifs is 2. The molecule has 0 amide bonds. The van der Waals surface area contributed by atoms with Crippen LogP contribution in [0.1, 0.15) is 43.1 Å². The van der Waals surface area contributed by atoms with Gasteiger partial charge in [0.2, 0.25) is 0 Å². The number of benzene rings is 2. The number of pyridine rings is 2. The number of carbonyl (C=O) groups is 1. The molecule has 0 radical (unpaired) electrons. The van der Waals surface area contributed by atoms with Crippen LogP contribution in [0.4, 0.5) is 17.1 Å². The lowest BCUT2D eigenvalue weighted by Crippen LogP contribution is -2.32. The third-order valence-corrected chi connectivity index (χ3v) is 9.16. The fraction of sp³-hybridized carbons (Fsp3) is 0.241. The average molecular weight is 657 g/mol. The van der Waals surface area contributed by atoms with Crippen molar-refractivity contribution in [2.45, 2.75) is 38.6 Å². The minimum atomic E-state index is -4.25. The Morgan fingerprint density at radius 3 is 2.53 bits per heavy atom. The number of aromatic hydroxyl groups is 1. The van der Waals surface area contributed by atoms with E-state index in [1.807, 2.05) is 13.8 Å². The first-order valence-electron chi connectivity index (χ1n) is 13.9. The largest absolute Gasteiger partial charge is 0.506 e. The summed E-state index contributed by atoms with van der Waals surface area (Å²) in [6, 6.07) is 12.9. The number of nitrogens with one attached hydrogen (secondary N) is 3. The molecule has 1 aliphatic rings. The molecule has 0 aliphatic carbocycles. The van der Waals surface area contributed by atoms with Gasteiger partial charge in [-0.25, -0.2) is 9.78 Å². The third-order valence-electron chi connectivity index (χ3n) is 6.79. The molecule has 0 atom stereocenters. The summed E-state index contributed by atoms with van der Waals surface area (Å²) in [6.07, 6.45) is 2.16. The molecule has 3 heterocycles. The molecule has 1 aliphatic heterocycles. The minimum absolute atomic E-state index is 0.0288. The molecule has 5 rings (SSSR count). The highest BCUT2D eigenvalue weighted by Crippen LogP contribution is 2.56. The number of hydrogen-bond donors (Lipinski definition) is 6. The predicted octanol–water partition coefficient (Wildman–Crippen LogP) is 4.99. The molecular weight excluding hydrogens is 624 g/mol. The maximum atomic E-state index is 13.7. The van der Waals surface area contributed by atoms with E-state index >= 15 is 0 Å². The maximum Gasteiger partial charge on any atom is 0.338 e. The van der Waals surface area contributed by atoms with Crippen LogP contribution >= 0.6 is 10.8 Å². The summed E-state index contributed by atoms with van der Waals surface area (Å²) in [5.41, 5.74) is -0.243. The summed E-state index contributed by atoms with van der Waals surface area (Å²) in [5.74, 6) is -1.02. The quantitative estimate of drug-likeness (QED) is 0.126. The Bertz CT molecular complexity index is 1990. The normalized spacial score (nSPS) is 14.7. The lowest BCUT2D eigenvalue weighted by atomic mass is 10.1. The Labute approximate surface area is 260 Å². The first-order chi connectivity index (χ1) is 21.3. The fourth-order valence-corrected chi connectivity index (χ4v) is 6.80. The van der Waals surface area contributed by atoms with Crippen LogP contribution in [0.2, 0.25) is 0 Å². The minimum Gasteiger partial charge on any atom is -0.506 e. The van der Waals surface area contributed by atoms with Crippen molar-refractivity contribution in [3.63, 3.8) is 0 Å². The van der Waals surface area contributed by atoms with Gasteiger partial charge in [-0.15, -0.1) is 4.40 Å². The van der Waals surface area contributed by atoms with Crippen LogP contribution in [0.5, 0.6) is 5.75 Å². The Kier molecular flexibility index (Phi) is 8.75. The van der Waals surface area contributed by atoms with Crippen molar-refractivity contribution in [3.8, 4) is 5.75 Å². The molecule has 6 N–H and O–H groups in total. The molecule has 0 spiro atoms. The first kappa shape index (κ1) is 31.8. The van der Waals surface area contributed by atoms with Crippen LogP contribution in [0, 0.1) is 5.92 Å². The molecule has 4 aromatic rings. The van der Waals surface area contributed by atoms with E-state index in [1.165, 1.54) is 53.2 Å². The second kappa shape index (κ2) is 12.4. The van der Waals surface area contributed by atoms with Crippen LogP contribution in [-0.4, -0.2) is 50.6 Å². The van der Waals surface area contributed by atoms with Crippen molar-refractivity contribution in [1.29, 1.82) is 0 Å². The molecule has 16 heteroatoms. The number of nitrogens with zero attached hydrogens (tertiary/aromatic N) is 3. The second-order valence-corrected chi connectivity index (χ2v) is 13.6. The lowest BCUT2D eigenvalue weighted by molar-refractivity contribution is 0.0526. The molecule has 0 saturated heterocycles. The second-order valence-electron chi connectivity index (χ2n) is 10.5. The molecular formula is C29H32N6O8S2. The molecule has 14 nitrogen and oxygen atoms in total. The molecule has 2 aromatic heterocycles. The van der Waals surface area contributed by atoms with Crippen molar-refractivity contribution in [2.24, 2.45) is 10.3 Å². The van der Waals surface area contributed by atoms with E-state index in [0.717, 1.165) is 0 Å². The molecule has 0 fully saturated rings. The number of aryl methyl sites for hydroxylation is 1. The molecule has 238 valence electrons. The zero-order valence-electron chi connectivity index (χ0n) is 24.5. The molecule has 0 unspecified atom stereocenters. The van der Waals surface area contributed by atoms with E-state index < -0.39 is 38.3 Å². The zero-order valence-corrected chi connectivity index (χ0v) is 26.1. The van der Waals surface area contributed by atoms with Gasteiger partial charge >= 0.3 is 16.2 Å². The van der Waals surface area contributed by atoms with E-state index in [4.69, 9.17) is 4.74 Å². The Morgan fingerprint density at radius 2 is 1.82 bits per heavy atom. The number of hydrogen-bond acceptors (Lipinski definition) is 11. The Hall–Kier alpha value is -4.64. The maximum absolute atomic E-state index is 13.7. The lowest BCUT2D eigenvalue weighted by Gasteiger charge is -2.34. The van der Waals surface area contributed by atoms with Gasteiger partial charge in [0.25, 0.3) is 5.56 Å². The predicted molar refractivity (Wildman–Crippen MR) is 173 cm³/mol. The molecule has 0 bridgehead atoms. The van der Waals surface area contributed by atoms with Gasteiger partial charge < -0.3 is 15.2 Å². The van der Waals surface area contributed by atoms with Crippen LogP contribution in [-0.2, 0) is 21.5 Å². The van der Waals surface area contributed by atoms with E-state index in [2.05, 4.69) is 24.1 Å². The fourth-order valence-electron chi connectivity index (χ4n) is 4.68. The zero-order chi connectivity index (χ0) is 32.5. The highest BCUT2D eigenvalue weighted by atomic mass is 32.3. The van der Waals surface area contributed by atoms with Gasteiger partial charge in [0, 0.05) is 12.7 Å². The van der Waals surface area contributed by atoms with Gasteiger partial charge in [-0.1, -0.05) is 30.7 Å². The smallest absolute Gasteiger partial charge is 0.338 e. The topological polar surface area (TPSA) is 204 Å². The third kappa shape index (κ3) is 6.73.